The Kier molecular flexibility index (Phi) is 6.49. The van der Waals surface area contributed by atoms with Gasteiger partial charge in [0.25, 0.3) is 0 Å². The molecule has 2 heterocycles. The number of carbonyl (C=O) groups excluding carboxylic acids is 2. The van der Waals surface area contributed by atoms with Crippen LogP contribution in [0.15, 0.2) is 54.4 Å². The number of hydrogen-bond donors (Lipinski definition) is 0. The van der Waals surface area contributed by atoms with E-state index in [2.05, 4.69) is 16.1 Å². The lowest BCUT2D eigenvalue weighted by molar-refractivity contribution is -0.126. The fourth-order valence-electron chi connectivity index (χ4n) is 4.07. The third-order valence-electron chi connectivity index (χ3n) is 5.70. The standard InChI is InChI=1S/C23H26FN3O2S/c1-16(28)30-21-10-13-26(15-18(21)9-14-27-12-4-11-25-27)22(23(29)17-7-8-17)19-5-2-3-6-20(19)24/h2-6,9,11-12,17,21-22H,7-8,10,13-15H2,1H3/b18-9-. The number of likely N-dealkylation sites (tertiary alicyclic amines) is 1. The Balaban J connectivity index is 1.61. The van der Waals surface area contributed by atoms with Crippen molar-refractivity contribution in [3.63, 3.8) is 0 Å². The van der Waals surface area contributed by atoms with Crippen molar-refractivity contribution in [2.24, 2.45) is 5.92 Å². The minimum absolute atomic E-state index is 0.0374. The highest BCUT2D eigenvalue weighted by Gasteiger charge is 2.41. The van der Waals surface area contributed by atoms with Gasteiger partial charge in [-0.15, -0.1) is 0 Å². The lowest BCUT2D eigenvalue weighted by Gasteiger charge is -2.38. The number of benzene rings is 1. The van der Waals surface area contributed by atoms with Gasteiger partial charge in [0.1, 0.15) is 5.82 Å². The summed E-state index contributed by atoms with van der Waals surface area (Å²) in [4.78, 5) is 27.0. The SMILES string of the molecule is CC(=O)SC1CCN(C(C(=O)C2CC2)c2ccccc2F)C/C1=C/Cn1cccn1. The van der Waals surface area contributed by atoms with Crippen LogP contribution < -0.4 is 0 Å². The molecule has 0 bridgehead atoms. The average molecular weight is 428 g/mol. The summed E-state index contributed by atoms with van der Waals surface area (Å²) >= 11 is 1.34. The van der Waals surface area contributed by atoms with Gasteiger partial charge in [-0.25, -0.2) is 4.39 Å². The first-order valence-corrected chi connectivity index (χ1v) is 11.3. The Labute approximate surface area is 180 Å². The molecule has 4 rings (SSSR count). The summed E-state index contributed by atoms with van der Waals surface area (Å²) in [5, 5.41) is 4.40. The van der Waals surface area contributed by atoms with Crippen molar-refractivity contribution >= 4 is 22.7 Å². The lowest BCUT2D eigenvalue weighted by Crippen LogP contribution is -2.43. The number of nitrogens with zero attached hydrogens (tertiary/aromatic N) is 3. The molecular formula is C23H26FN3O2S. The van der Waals surface area contributed by atoms with E-state index >= 15 is 0 Å². The number of allylic oxidation sites excluding steroid dienone is 1. The van der Waals surface area contributed by atoms with Gasteiger partial charge in [-0.05, 0) is 37.0 Å². The van der Waals surface area contributed by atoms with Crippen molar-refractivity contribution < 1.29 is 14.0 Å². The van der Waals surface area contributed by atoms with Gasteiger partial charge in [0, 0.05) is 49.1 Å². The molecule has 1 aliphatic heterocycles. The Bertz CT molecular complexity index is 940. The maximum Gasteiger partial charge on any atom is 0.186 e. The first-order valence-electron chi connectivity index (χ1n) is 10.4. The zero-order valence-electron chi connectivity index (χ0n) is 17.0. The molecule has 0 spiro atoms. The fraction of sp³-hybridized carbons (Fsp3) is 0.435. The number of carbonyl (C=O) groups is 2. The molecular weight excluding hydrogens is 401 g/mol. The minimum Gasteiger partial charge on any atom is -0.297 e. The number of hydrogen-bond acceptors (Lipinski definition) is 5. The van der Waals surface area contributed by atoms with Crippen molar-refractivity contribution in [1.82, 2.24) is 14.7 Å². The Morgan fingerprint density at radius 1 is 1.27 bits per heavy atom. The molecule has 1 saturated heterocycles. The number of aromatic nitrogens is 2. The molecule has 0 N–H and O–H groups in total. The second-order valence-corrected chi connectivity index (χ2v) is 9.34. The third-order valence-corrected chi connectivity index (χ3v) is 6.85. The molecule has 1 aromatic carbocycles. The number of halogens is 1. The Hall–Kier alpha value is -2.25. The Morgan fingerprint density at radius 3 is 2.73 bits per heavy atom. The first-order chi connectivity index (χ1) is 14.5. The summed E-state index contributed by atoms with van der Waals surface area (Å²) in [5.41, 5.74) is 1.56. The van der Waals surface area contributed by atoms with E-state index < -0.39 is 6.04 Å². The zero-order valence-corrected chi connectivity index (χ0v) is 17.9. The minimum atomic E-state index is -0.574. The summed E-state index contributed by atoms with van der Waals surface area (Å²) < 4.78 is 16.5. The number of ketones is 1. The van der Waals surface area contributed by atoms with Crippen LogP contribution in [0.1, 0.15) is 37.8 Å². The molecule has 2 aliphatic rings. The van der Waals surface area contributed by atoms with E-state index in [1.165, 1.54) is 17.8 Å². The highest BCUT2D eigenvalue weighted by Crippen LogP contribution is 2.40. The van der Waals surface area contributed by atoms with E-state index in [1.54, 1.807) is 31.3 Å². The molecule has 2 fully saturated rings. The zero-order chi connectivity index (χ0) is 21.1. The first kappa shape index (κ1) is 21.0. The normalized spacial score (nSPS) is 22.2. The molecule has 0 amide bonds. The molecule has 1 saturated carbocycles. The largest absolute Gasteiger partial charge is 0.297 e. The van der Waals surface area contributed by atoms with E-state index in [1.807, 2.05) is 16.9 Å². The molecule has 158 valence electrons. The summed E-state index contributed by atoms with van der Waals surface area (Å²) in [6, 6.07) is 7.89. The van der Waals surface area contributed by atoms with Crippen LogP contribution in [0, 0.1) is 11.7 Å². The fourth-order valence-corrected chi connectivity index (χ4v) is 5.02. The van der Waals surface area contributed by atoms with Gasteiger partial charge >= 0.3 is 0 Å². The molecule has 1 aromatic heterocycles. The van der Waals surface area contributed by atoms with E-state index in [9.17, 15) is 14.0 Å². The van der Waals surface area contributed by atoms with Crippen molar-refractivity contribution in [3.05, 3.63) is 65.8 Å². The van der Waals surface area contributed by atoms with Gasteiger partial charge in [0.2, 0.25) is 0 Å². The van der Waals surface area contributed by atoms with Crippen molar-refractivity contribution in [2.45, 2.75) is 44.0 Å². The van der Waals surface area contributed by atoms with Gasteiger partial charge in [-0.1, -0.05) is 36.0 Å². The van der Waals surface area contributed by atoms with Gasteiger partial charge in [0.15, 0.2) is 10.9 Å². The topological polar surface area (TPSA) is 55.2 Å². The maximum absolute atomic E-state index is 14.7. The van der Waals surface area contributed by atoms with Crippen LogP contribution in [0.2, 0.25) is 0 Å². The van der Waals surface area contributed by atoms with Gasteiger partial charge in [0.05, 0.1) is 12.6 Å². The monoisotopic (exact) mass is 427 g/mol. The van der Waals surface area contributed by atoms with Crippen LogP contribution >= 0.6 is 11.8 Å². The summed E-state index contributed by atoms with van der Waals surface area (Å²) in [6.07, 6.45) is 8.25. The summed E-state index contributed by atoms with van der Waals surface area (Å²) in [6.45, 7) is 3.39. The predicted molar refractivity (Wildman–Crippen MR) is 115 cm³/mol. The van der Waals surface area contributed by atoms with E-state index in [4.69, 9.17) is 0 Å². The molecule has 1 aliphatic carbocycles. The predicted octanol–water partition coefficient (Wildman–Crippen LogP) is 4.02. The van der Waals surface area contributed by atoms with Gasteiger partial charge in [-0.3, -0.25) is 19.2 Å². The second kappa shape index (κ2) is 9.27. The Morgan fingerprint density at radius 2 is 2.07 bits per heavy atom. The van der Waals surface area contributed by atoms with E-state index in [0.717, 1.165) is 24.8 Å². The van der Waals surface area contributed by atoms with Crippen molar-refractivity contribution in [1.29, 1.82) is 0 Å². The summed E-state index contributed by atoms with van der Waals surface area (Å²) in [5.74, 6) is -0.182. The van der Waals surface area contributed by atoms with Crippen LogP contribution in [-0.4, -0.2) is 43.9 Å². The van der Waals surface area contributed by atoms with Crippen LogP contribution in [0.25, 0.3) is 0 Å². The molecule has 30 heavy (non-hydrogen) atoms. The second-order valence-electron chi connectivity index (χ2n) is 7.97. The molecule has 7 heteroatoms. The third kappa shape index (κ3) is 4.90. The summed E-state index contributed by atoms with van der Waals surface area (Å²) in [7, 11) is 0. The molecule has 2 atom stereocenters. The van der Waals surface area contributed by atoms with Crippen LogP contribution in [0.3, 0.4) is 0 Å². The quantitative estimate of drug-likeness (QED) is 0.625. The van der Waals surface area contributed by atoms with Crippen molar-refractivity contribution in [3.8, 4) is 0 Å². The number of rotatable bonds is 7. The van der Waals surface area contributed by atoms with Crippen molar-refractivity contribution in [2.75, 3.05) is 13.1 Å². The molecule has 0 radical (unpaired) electrons. The highest BCUT2D eigenvalue weighted by atomic mass is 32.2. The number of Topliss-reactive ketones (excluding diaryl/α,β-unsaturated/α-hetero) is 1. The van der Waals surface area contributed by atoms with Gasteiger partial charge < -0.3 is 0 Å². The number of piperidine rings is 1. The lowest BCUT2D eigenvalue weighted by atomic mass is 9.93. The van der Waals surface area contributed by atoms with E-state index in [-0.39, 0.29) is 27.9 Å². The average Bonchev–Trinajstić information content (AvgIpc) is 3.45. The highest BCUT2D eigenvalue weighted by molar-refractivity contribution is 8.14. The molecule has 5 nitrogen and oxygen atoms in total. The molecule has 2 aromatic rings. The van der Waals surface area contributed by atoms with E-state index in [0.29, 0.717) is 25.2 Å². The maximum atomic E-state index is 14.7. The smallest absolute Gasteiger partial charge is 0.186 e. The van der Waals surface area contributed by atoms with Crippen LogP contribution in [0.5, 0.6) is 0 Å². The van der Waals surface area contributed by atoms with Gasteiger partial charge in [-0.2, -0.15) is 5.10 Å². The molecule has 2 unspecified atom stereocenters. The van der Waals surface area contributed by atoms with Crippen LogP contribution in [0.4, 0.5) is 4.39 Å². The van der Waals surface area contributed by atoms with Crippen LogP contribution in [-0.2, 0) is 16.1 Å². The number of thioether (sulfide) groups is 1.